The molecule has 2 nitrogen and oxygen atoms in total. The quantitative estimate of drug-likeness (QED) is 0.620. The topological polar surface area (TPSA) is 40.5 Å². The maximum absolute atomic E-state index is 10.0. The fourth-order valence-corrected chi connectivity index (χ4v) is 3.24. The summed E-state index contributed by atoms with van der Waals surface area (Å²) in [6, 6.07) is 0. The molecule has 70 valence electrons. The molecule has 0 unspecified atom stereocenters. The molecule has 0 saturated heterocycles. The second-order valence-corrected chi connectivity index (χ2v) is 5.04. The highest BCUT2D eigenvalue weighted by molar-refractivity contribution is 5.10. The Kier molecular flexibility index (Phi) is 1.59. The molecule has 0 aromatic rings. The predicted octanol–water partition coefficient (Wildman–Crippen LogP) is 1.17. The fraction of sp³-hybridized carbons (Fsp3) is 1.00. The van der Waals surface area contributed by atoms with Crippen LogP contribution >= 0.6 is 0 Å². The van der Waals surface area contributed by atoms with Crippen molar-refractivity contribution in [3.8, 4) is 0 Å². The molecule has 0 aromatic heterocycles. The van der Waals surface area contributed by atoms with Crippen LogP contribution in [0.4, 0.5) is 0 Å². The van der Waals surface area contributed by atoms with Gasteiger partial charge in [0.1, 0.15) is 0 Å². The van der Waals surface area contributed by atoms with Crippen LogP contribution in [0.3, 0.4) is 0 Å². The van der Waals surface area contributed by atoms with E-state index in [9.17, 15) is 10.2 Å². The lowest BCUT2D eigenvalue weighted by Gasteiger charge is -2.63. The molecule has 4 atom stereocenters. The van der Waals surface area contributed by atoms with Crippen molar-refractivity contribution in [3.63, 3.8) is 0 Å². The summed E-state index contributed by atoms with van der Waals surface area (Å²) in [5, 5.41) is 19.3. The minimum Gasteiger partial charge on any atom is -0.396 e. The van der Waals surface area contributed by atoms with Crippen molar-refractivity contribution >= 4 is 0 Å². The average Bonchev–Trinajstić information content (AvgIpc) is 2.00. The van der Waals surface area contributed by atoms with Gasteiger partial charge in [0.2, 0.25) is 0 Å². The highest BCUT2D eigenvalue weighted by atomic mass is 16.3. The molecular weight excluding hydrogens is 152 g/mol. The smallest absolute Gasteiger partial charge is 0.0654 e. The third kappa shape index (κ3) is 0.826. The van der Waals surface area contributed by atoms with Crippen molar-refractivity contribution in [2.75, 3.05) is 6.61 Å². The molecular formula is C10H18O2. The largest absolute Gasteiger partial charge is 0.396 e. The van der Waals surface area contributed by atoms with Gasteiger partial charge in [-0.15, -0.1) is 0 Å². The summed E-state index contributed by atoms with van der Waals surface area (Å²) < 4.78 is 0. The number of hydrogen-bond donors (Lipinski definition) is 2. The molecule has 2 bridgehead atoms. The standard InChI is InChI=1S/C10H18O2/c1-9(6-11)7-3-4-10(2,12)8(9)5-7/h7-8,11-12H,3-6H2,1-2H3/t7-,8-,9+,10-/m1/s1. The summed E-state index contributed by atoms with van der Waals surface area (Å²) in [5.74, 6) is 0.987. The molecule has 0 spiro atoms. The first-order valence-electron chi connectivity index (χ1n) is 4.84. The molecule has 0 aliphatic heterocycles. The van der Waals surface area contributed by atoms with Gasteiger partial charge in [0, 0.05) is 6.61 Å². The van der Waals surface area contributed by atoms with Crippen molar-refractivity contribution in [3.05, 3.63) is 0 Å². The Balaban J connectivity index is 2.22. The van der Waals surface area contributed by atoms with Gasteiger partial charge < -0.3 is 10.2 Å². The molecule has 0 aromatic carbocycles. The molecule has 0 heterocycles. The van der Waals surface area contributed by atoms with Crippen molar-refractivity contribution < 1.29 is 10.2 Å². The van der Waals surface area contributed by atoms with E-state index in [1.54, 1.807) is 0 Å². The third-order valence-corrected chi connectivity index (χ3v) is 4.34. The first-order valence-corrected chi connectivity index (χ1v) is 4.84. The Hall–Kier alpha value is -0.0800. The first kappa shape index (κ1) is 8.52. The summed E-state index contributed by atoms with van der Waals surface area (Å²) in [5.41, 5.74) is -0.506. The molecule has 2 N–H and O–H groups in total. The van der Waals surface area contributed by atoms with E-state index in [4.69, 9.17) is 0 Å². The highest BCUT2D eigenvalue weighted by Crippen LogP contribution is 2.62. The molecule has 3 rings (SSSR count). The van der Waals surface area contributed by atoms with Crippen molar-refractivity contribution in [1.82, 2.24) is 0 Å². The van der Waals surface area contributed by atoms with Crippen LogP contribution in [0, 0.1) is 17.3 Å². The van der Waals surface area contributed by atoms with Crippen molar-refractivity contribution in [2.45, 2.75) is 38.7 Å². The highest BCUT2D eigenvalue weighted by Gasteiger charge is 2.60. The van der Waals surface area contributed by atoms with Crippen LogP contribution < -0.4 is 0 Å². The number of rotatable bonds is 1. The molecule has 3 fully saturated rings. The number of aliphatic hydroxyl groups excluding tert-OH is 1. The van der Waals surface area contributed by atoms with Crippen molar-refractivity contribution in [2.24, 2.45) is 17.3 Å². The van der Waals surface area contributed by atoms with Crippen LogP contribution in [0.5, 0.6) is 0 Å². The Morgan fingerprint density at radius 2 is 2.08 bits per heavy atom. The lowest BCUT2D eigenvalue weighted by Crippen LogP contribution is -2.62. The Labute approximate surface area is 73.6 Å². The lowest BCUT2D eigenvalue weighted by molar-refractivity contribution is -0.214. The molecule has 0 amide bonds. The molecule has 3 aliphatic rings. The van der Waals surface area contributed by atoms with Gasteiger partial charge in [-0.1, -0.05) is 6.92 Å². The van der Waals surface area contributed by atoms with Crippen LogP contribution in [0.2, 0.25) is 0 Å². The Morgan fingerprint density at radius 3 is 2.42 bits per heavy atom. The summed E-state index contributed by atoms with van der Waals surface area (Å²) in [7, 11) is 0. The molecule has 12 heavy (non-hydrogen) atoms. The van der Waals surface area contributed by atoms with E-state index in [1.165, 1.54) is 0 Å². The third-order valence-electron chi connectivity index (χ3n) is 4.34. The van der Waals surface area contributed by atoms with Gasteiger partial charge in [-0.2, -0.15) is 0 Å². The van der Waals surface area contributed by atoms with Crippen LogP contribution in [0.25, 0.3) is 0 Å². The van der Waals surface area contributed by atoms with E-state index >= 15 is 0 Å². The Morgan fingerprint density at radius 1 is 1.42 bits per heavy atom. The van der Waals surface area contributed by atoms with Gasteiger partial charge in [0.25, 0.3) is 0 Å². The molecule has 2 heteroatoms. The fourth-order valence-electron chi connectivity index (χ4n) is 3.24. The average molecular weight is 170 g/mol. The van der Waals surface area contributed by atoms with Crippen molar-refractivity contribution in [1.29, 1.82) is 0 Å². The van der Waals surface area contributed by atoms with Gasteiger partial charge in [0.05, 0.1) is 5.60 Å². The zero-order chi connectivity index (χ0) is 8.98. The van der Waals surface area contributed by atoms with Crippen LogP contribution in [0.15, 0.2) is 0 Å². The molecule has 0 radical (unpaired) electrons. The number of hydrogen-bond acceptors (Lipinski definition) is 2. The lowest BCUT2D eigenvalue weighted by atomic mass is 9.44. The van der Waals surface area contributed by atoms with Gasteiger partial charge in [-0.05, 0) is 43.4 Å². The normalized spacial score (nSPS) is 58.0. The van der Waals surface area contributed by atoms with Gasteiger partial charge in [0.15, 0.2) is 0 Å². The van der Waals surface area contributed by atoms with Gasteiger partial charge >= 0.3 is 0 Å². The SMILES string of the molecule is C[C@]1(CO)[C@@H]2CC[C@@](C)(O)[C@@H]1C2. The number of fused-ring (bicyclic) bond motifs is 2. The maximum Gasteiger partial charge on any atom is 0.0654 e. The minimum atomic E-state index is -0.522. The van der Waals surface area contributed by atoms with Gasteiger partial charge in [-0.25, -0.2) is 0 Å². The second-order valence-electron chi connectivity index (χ2n) is 5.04. The van der Waals surface area contributed by atoms with E-state index in [2.05, 4.69) is 6.92 Å². The van der Waals surface area contributed by atoms with E-state index in [0.717, 1.165) is 19.3 Å². The summed E-state index contributed by atoms with van der Waals surface area (Å²) in [6.45, 7) is 4.26. The monoisotopic (exact) mass is 170 g/mol. The molecule has 3 saturated carbocycles. The number of aliphatic hydroxyl groups is 2. The molecule has 3 aliphatic carbocycles. The zero-order valence-corrected chi connectivity index (χ0v) is 7.88. The van der Waals surface area contributed by atoms with E-state index < -0.39 is 5.60 Å². The summed E-state index contributed by atoms with van der Waals surface area (Å²) in [4.78, 5) is 0. The summed E-state index contributed by atoms with van der Waals surface area (Å²) >= 11 is 0. The van der Waals surface area contributed by atoms with E-state index in [-0.39, 0.29) is 12.0 Å². The Bertz CT molecular complexity index is 198. The zero-order valence-electron chi connectivity index (χ0n) is 7.88. The van der Waals surface area contributed by atoms with Gasteiger partial charge in [-0.3, -0.25) is 0 Å². The van der Waals surface area contributed by atoms with Crippen LogP contribution in [-0.4, -0.2) is 22.4 Å². The second kappa shape index (κ2) is 2.24. The van der Waals surface area contributed by atoms with E-state index in [0.29, 0.717) is 11.8 Å². The predicted molar refractivity (Wildman–Crippen MR) is 46.6 cm³/mol. The first-order chi connectivity index (χ1) is 5.50. The van der Waals surface area contributed by atoms with Crippen LogP contribution in [0.1, 0.15) is 33.1 Å². The maximum atomic E-state index is 10.0. The van der Waals surface area contributed by atoms with E-state index in [1.807, 2.05) is 6.92 Å². The van der Waals surface area contributed by atoms with Crippen LogP contribution in [-0.2, 0) is 0 Å². The summed E-state index contributed by atoms with van der Waals surface area (Å²) in [6.07, 6.45) is 3.11. The minimum absolute atomic E-state index is 0.0156.